The third-order valence-electron chi connectivity index (χ3n) is 4.23. The van der Waals surface area contributed by atoms with Crippen molar-refractivity contribution in [2.75, 3.05) is 32.8 Å². The third-order valence-corrected chi connectivity index (χ3v) is 4.23. The number of nitrogens with one attached hydrogen (secondary N) is 1. The van der Waals surface area contributed by atoms with Crippen LogP contribution in [0.5, 0.6) is 0 Å². The summed E-state index contributed by atoms with van der Waals surface area (Å²) < 4.78 is 20.9. The molecule has 2 heterocycles. The van der Waals surface area contributed by atoms with Gasteiger partial charge >= 0.3 is 0 Å². The number of carbonyl (C=O) groups excluding carboxylic acids is 1. The molecule has 0 radical (unpaired) electrons. The molecule has 1 aliphatic heterocycles. The predicted molar refractivity (Wildman–Crippen MR) is 90.1 cm³/mol. The van der Waals surface area contributed by atoms with Crippen LogP contribution in [0, 0.1) is 5.82 Å². The van der Waals surface area contributed by atoms with E-state index in [9.17, 15) is 9.18 Å². The lowest BCUT2D eigenvalue weighted by atomic mass is 10.1. The van der Waals surface area contributed by atoms with Crippen LogP contribution in [-0.2, 0) is 4.74 Å². The highest BCUT2D eigenvalue weighted by Crippen LogP contribution is 2.14. The lowest BCUT2D eigenvalue weighted by Crippen LogP contribution is -2.40. The van der Waals surface area contributed by atoms with Crippen LogP contribution in [-0.4, -0.2) is 64.5 Å². The Bertz CT molecular complexity index is 701. The van der Waals surface area contributed by atoms with E-state index in [1.165, 1.54) is 29.5 Å². The summed E-state index contributed by atoms with van der Waals surface area (Å²) in [5.74, 6) is -0.794. The van der Waals surface area contributed by atoms with E-state index in [4.69, 9.17) is 4.74 Å². The van der Waals surface area contributed by atoms with Gasteiger partial charge in [0.1, 0.15) is 24.2 Å². The van der Waals surface area contributed by atoms with Gasteiger partial charge in [0, 0.05) is 31.2 Å². The van der Waals surface area contributed by atoms with E-state index in [-0.39, 0.29) is 17.6 Å². The third kappa shape index (κ3) is 4.61. The molecule has 8 heteroatoms. The van der Waals surface area contributed by atoms with Gasteiger partial charge in [0.05, 0.1) is 13.2 Å². The number of nitrogens with zero attached hydrogens (tertiary/aromatic N) is 4. The van der Waals surface area contributed by atoms with E-state index in [1.54, 1.807) is 6.07 Å². The molecule has 0 spiro atoms. The molecule has 1 amide bonds. The van der Waals surface area contributed by atoms with Crippen molar-refractivity contribution in [1.82, 2.24) is 25.0 Å². The van der Waals surface area contributed by atoms with Gasteiger partial charge in [0.15, 0.2) is 0 Å². The maximum absolute atomic E-state index is 14.2. The highest BCUT2D eigenvalue weighted by molar-refractivity contribution is 5.94. The van der Waals surface area contributed by atoms with E-state index in [1.807, 2.05) is 6.92 Å². The predicted octanol–water partition coefficient (Wildman–Crippen LogP) is 1.25. The molecule has 1 aromatic heterocycles. The summed E-state index contributed by atoms with van der Waals surface area (Å²) in [4.78, 5) is 18.4. The van der Waals surface area contributed by atoms with Crippen LogP contribution in [0.1, 0.15) is 23.7 Å². The molecule has 3 rings (SSSR count). The van der Waals surface area contributed by atoms with Crippen molar-refractivity contribution in [1.29, 1.82) is 0 Å². The number of halogens is 1. The Morgan fingerprint density at radius 1 is 1.40 bits per heavy atom. The number of carbonyl (C=O) groups is 1. The Balaban J connectivity index is 1.54. The summed E-state index contributed by atoms with van der Waals surface area (Å²) in [7, 11) is 0. The molecular formula is C17H22FN5O2. The number of hydrogen-bond donors (Lipinski definition) is 1. The molecule has 1 atom stereocenters. The zero-order valence-electron chi connectivity index (χ0n) is 14.2. The minimum absolute atomic E-state index is 0.00778. The maximum atomic E-state index is 14.2. The zero-order valence-corrected chi connectivity index (χ0v) is 14.2. The monoisotopic (exact) mass is 347 g/mol. The molecule has 1 N–H and O–H groups in total. The highest BCUT2D eigenvalue weighted by Gasteiger charge is 2.15. The van der Waals surface area contributed by atoms with E-state index < -0.39 is 5.82 Å². The van der Waals surface area contributed by atoms with Gasteiger partial charge < -0.3 is 10.1 Å². The molecule has 25 heavy (non-hydrogen) atoms. The first-order valence-electron chi connectivity index (χ1n) is 8.39. The van der Waals surface area contributed by atoms with Crippen molar-refractivity contribution < 1.29 is 13.9 Å². The van der Waals surface area contributed by atoms with Crippen LogP contribution in [0.25, 0.3) is 5.69 Å². The van der Waals surface area contributed by atoms with Gasteiger partial charge in [-0.1, -0.05) is 0 Å². The molecule has 1 aromatic carbocycles. The van der Waals surface area contributed by atoms with Gasteiger partial charge in [-0.3, -0.25) is 9.69 Å². The summed E-state index contributed by atoms with van der Waals surface area (Å²) >= 11 is 0. The summed E-state index contributed by atoms with van der Waals surface area (Å²) in [6.07, 6.45) is 3.58. The second-order valence-electron chi connectivity index (χ2n) is 6.12. The van der Waals surface area contributed by atoms with Crippen LogP contribution in [0.3, 0.4) is 0 Å². The number of aromatic nitrogens is 3. The first kappa shape index (κ1) is 17.5. The number of hydrogen-bond acceptors (Lipinski definition) is 5. The van der Waals surface area contributed by atoms with Crippen molar-refractivity contribution in [2.24, 2.45) is 0 Å². The Kier molecular flexibility index (Phi) is 5.72. The average Bonchev–Trinajstić information content (AvgIpc) is 3.15. The molecule has 2 aromatic rings. The van der Waals surface area contributed by atoms with Crippen LogP contribution < -0.4 is 5.32 Å². The molecule has 1 fully saturated rings. The molecule has 134 valence electrons. The molecule has 1 saturated heterocycles. The normalized spacial score (nSPS) is 16.6. The molecular weight excluding hydrogens is 325 g/mol. The Morgan fingerprint density at radius 2 is 2.20 bits per heavy atom. The first-order chi connectivity index (χ1) is 12.1. The number of benzene rings is 1. The smallest absolute Gasteiger partial charge is 0.251 e. The van der Waals surface area contributed by atoms with Crippen LogP contribution in [0.2, 0.25) is 0 Å². The van der Waals surface area contributed by atoms with Gasteiger partial charge in [-0.15, -0.1) is 0 Å². The fraction of sp³-hybridized carbons (Fsp3) is 0.471. The van der Waals surface area contributed by atoms with Crippen molar-refractivity contribution >= 4 is 5.91 Å². The summed E-state index contributed by atoms with van der Waals surface area (Å²) in [5.41, 5.74) is 0.550. The highest BCUT2D eigenvalue weighted by atomic mass is 19.1. The average molecular weight is 347 g/mol. The Hall–Kier alpha value is -2.32. The number of ether oxygens (including phenoxy) is 1. The van der Waals surface area contributed by atoms with Gasteiger partial charge in [-0.2, -0.15) is 5.10 Å². The summed E-state index contributed by atoms with van der Waals surface area (Å²) in [6, 6.07) is 4.34. The molecule has 7 nitrogen and oxygen atoms in total. The molecule has 0 aliphatic carbocycles. The minimum Gasteiger partial charge on any atom is -0.379 e. The lowest BCUT2D eigenvalue weighted by Gasteiger charge is -2.27. The van der Waals surface area contributed by atoms with Crippen LogP contribution in [0.4, 0.5) is 4.39 Å². The summed E-state index contributed by atoms with van der Waals surface area (Å²) in [6.45, 7) is 6.24. The van der Waals surface area contributed by atoms with Gasteiger partial charge in [0.2, 0.25) is 0 Å². The van der Waals surface area contributed by atoms with Crippen molar-refractivity contribution in [3.8, 4) is 5.69 Å². The van der Waals surface area contributed by atoms with E-state index >= 15 is 0 Å². The number of rotatable bonds is 6. The Labute approximate surface area is 145 Å². The van der Waals surface area contributed by atoms with E-state index in [0.29, 0.717) is 5.56 Å². The molecule has 0 bridgehead atoms. The van der Waals surface area contributed by atoms with Gasteiger partial charge in [0.25, 0.3) is 5.91 Å². The summed E-state index contributed by atoms with van der Waals surface area (Å²) in [5, 5.41) is 6.81. The minimum atomic E-state index is -0.515. The SMILES string of the molecule is CC(CCN1CCOCC1)NC(=O)c1ccc(-n2cncn2)c(F)c1. The van der Waals surface area contributed by atoms with Crippen LogP contribution >= 0.6 is 0 Å². The first-order valence-corrected chi connectivity index (χ1v) is 8.39. The Morgan fingerprint density at radius 3 is 2.88 bits per heavy atom. The van der Waals surface area contributed by atoms with E-state index in [2.05, 4.69) is 20.3 Å². The number of amides is 1. The zero-order chi connectivity index (χ0) is 17.6. The molecule has 1 aliphatic rings. The van der Waals surface area contributed by atoms with Crippen molar-refractivity contribution in [3.05, 3.63) is 42.2 Å². The molecule has 1 unspecified atom stereocenters. The fourth-order valence-corrected chi connectivity index (χ4v) is 2.75. The fourth-order valence-electron chi connectivity index (χ4n) is 2.75. The van der Waals surface area contributed by atoms with Crippen molar-refractivity contribution in [3.63, 3.8) is 0 Å². The lowest BCUT2D eigenvalue weighted by molar-refractivity contribution is 0.0363. The second kappa shape index (κ2) is 8.17. The van der Waals surface area contributed by atoms with E-state index in [0.717, 1.165) is 39.3 Å². The maximum Gasteiger partial charge on any atom is 0.251 e. The van der Waals surface area contributed by atoms with Crippen molar-refractivity contribution in [2.45, 2.75) is 19.4 Å². The topological polar surface area (TPSA) is 72.3 Å². The molecule has 0 saturated carbocycles. The quantitative estimate of drug-likeness (QED) is 0.851. The van der Waals surface area contributed by atoms with Gasteiger partial charge in [-0.25, -0.2) is 14.1 Å². The van der Waals surface area contributed by atoms with Gasteiger partial charge in [-0.05, 0) is 31.5 Å². The van der Waals surface area contributed by atoms with Crippen LogP contribution in [0.15, 0.2) is 30.9 Å². The largest absolute Gasteiger partial charge is 0.379 e. The number of morpholine rings is 1. The second-order valence-corrected chi connectivity index (χ2v) is 6.12. The standard InChI is InChI=1S/C17H22FN5O2/c1-13(4-5-22-6-8-25-9-7-22)21-17(24)14-2-3-16(15(18)10-14)23-12-19-11-20-23/h2-3,10-13H,4-9H2,1H3,(H,21,24).